The van der Waals surface area contributed by atoms with Gasteiger partial charge in [-0.05, 0) is 48.5 Å². The molecule has 7 atom stereocenters. The molecule has 3 aliphatic rings. The van der Waals surface area contributed by atoms with Crippen molar-refractivity contribution in [2.75, 3.05) is 0 Å². The lowest BCUT2D eigenvalue weighted by Gasteiger charge is -2.61. The Bertz CT molecular complexity index is 693. The van der Waals surface area contributed by atoms with Gasteiger partial charge in [-0.1, -0.05) is 41.5 Å². The Balaban J connectivity index is 0.00000102. The summed E-state index contributed by atoms with van der Waals surface area (Å²) in [6.07, 6.45) is 6.37. The second-order valence-corrected chi connectivity index (χ2v) is 9.16. The summed E-state index contributed by atoms with van der Waals surface area (Å²) in [4.78, 5) is 26.1. The average Bonchev–Trinajstić information content (AvgIpc) is 3.15. The van der Waals surface area contributed by atoms with Crippen LogP contribution in [0.1, 0.15) is 78.9 Å². The predicted molar refractivity (Wildman–Crippen MR) is 104 cm³/mol. The minimum atomic E-state index is -0.343. The van der Waals surface area contributed by atoms with Crippen molar-refractivity contribution in [1.82, 2.24) is 0 Å². The molecule has 0 bridgehead atoms. The van der Waals surface area contributed by atoms with Crippen molar-refractivity contribution in [2.24, 2.45) is 34.5 Å². The predicted octanol–water partition coefficient (Wildman–Crippen LogP) is 5.58. The van der Waals surface area contributed by atoms with Crippen molar-refractivity contribution in [1.29, 1.82) is 0 Å². The van der Waals surface area contributed by atoms with Gasteiger partial charge in [0.15, 0.2) is 0 Å². The summed E-state index contributed by atoms with van der Waals surface area (Å²) < 4.78 is 11.0. The smallest absolute Gasteiger partial charge is 0.310 e. The van der Waals surface area contributed by atoms with Crippen LogP contribution in [0.2, 0.25) is 0 Å². The molecular formula is C23H34O4. The number of Topliss-reactive ketones (excluding diaryl/α,β-unsaturated/α-hetero) is 1. The van der Waals surface area contributed by atoms with E-state index >= 15 is 0 Å². The van der Waals surface area contributed by atoms with Crippen LogP contribution in [0.5, 0.6) is 0 Å². The van der Waals surface area contributed by atoms with Crippen LogP contribution in [0.15, 0.2) is 23.0 Å². The van der Waals surface area contributed by atoms with Gasteiger partial charge in [-0.3, -0.25) is 9.59 Å². The van der Waals surface area contributed by atoms with E-state index in [1.54, 1.807) is 12.5 Å². The third-order valence-electron chi connectivity index (χ3n) is 7.77. The molecule has 2 heterocycles. The Morgan fingerprint density at radius 2 is 1.81 bits per heavy atom. The SMILES string of the molecule is CC.C[C@@H]1C[C@@H](C)[C@]2(C)CCC3C(=O)OC(c4ccoc4)C[C@]3(C)C2C1=O. The number of fused-ring (bicyclic) bond motifs is 3. The summed E-state index contributed by atoms with van der Waals surface area (Å²) in [6, 6.07) is 1.86. The molecule has 0 aromatic carbocycles. The zero-order valence-electron chi connectivity index (χ0n) is 17.6. The molecule has 3 fully saturated rings. The molecule has 1 aliphatic heterocycles. The maximum Gasteiger partial charge on any atom is 0.310 e. The van der Waals surface area contributed by atoms with Gasteiger partial charge >= 0.3 is 5.97 Å². The van der Waals surface area contributed by atoms with E-state index in [9.17, 15) is 9.59 Å². The largest absolute Gasteiger partial charge is 0.472 e. The summed E-state index contributed by atoms with van der Waals surface area (Å²) in [6.45, 7) is 12.8. The molecule has 2 aliphatic carbocycles. The van der Waals surface area contributed by atoms with Crippen LogP contribution in [-0.4, -0.2) is 11.8 Å². The number of cyclic esters (lactones) is 1. The van der Waals surface area contributed by atoms with Crippen molar-refractivity contribution >= 4 is 11.8 Å². The Labute approximate surface area is 163 Å². The van der Waals surface area contributed by atoms with Gasteiger partial charge in [0.25, 0.3) is 0 Å². The van der Waals surface area contributed by atoms with Crippen molar-refractivity contribution in [2.45, 2.75) is 73.3 Å². The highest BCUT2D eigenvalue weighted by Gasteiger charge is 2.64. The van der Waals surface area contributed by atoms with Crippen molar-refractivity contribution in [3.05, 3.63) is 24.2 Å². The van der Waals surface area contributed by atoms with Crippen LogP contribution in [0.4, 0.5) is 0 Å². The summed E-state index contributed by atoms with van der Waals surface area (Å²) in [5.41, 5.74) is 0.530. The topological polar surface area (TPSA) is 56.5 Å². The standard InChI is InChI=1S/C21H28O4.C2H6/c1-12-9-13(2)20(3)7-5-15-19(23)25-16(14-6-8-24-11-14)10-21(15,4)18(20)17(12)22;1-2/h6,8,11-13,15-16,18H,5,7,9-10H2,1-4H3;1-2H3/t12-,13-,15?,16?,18?,20+,21+;/m1./s1. The van der Waals surface area contributed by atoms with Gasteiger partial charge in [0, 0.05) is 17.4 Å². The van der Waals surface area contributed by atoms with Gasteiger partial charge in [-0.25, -0.2) is 0 Å². The fourth-order valence-electron chi connectivity index (χ4n) is 6.22. The second kappa shape index (κ2) is 7.10. The third kappa shape index (κ3) is 2.96. The number of rotatable bonds is 1. The van der Waals surface area contributed by atoms with Crippen LogP contribution in [-0.2, 0) is 14.3 Å². The van der Waals surface area contributed by atoms with E-state index in [4.69, 9.17) is 9.15 Å². The van der Waals surface area contributed by atoms with E-state index in [0.717, 1.165) is 24.8 Å². The highest BCUT2D eigenvalue weighted by atomic mass is 16.5. The fourth-order valence-corrected chi connectivity index (χ4v) is 6.22. The van der Waals surface area contributed by atoms with E-state index in [1.165, 1.54) is 0 Å². The zero-order chi connectivity index (χ0) is 20.0. The van der Waals surface area contributed by atoms with Crippen LogP contribution in [0, 0.1) is 34.5 Å². The van der Waals surface area contributed by atoms with Gasteiger partial charge < -0.3 is 9.15 Å². The van der Waals surface area contributed by atoms with Crippen molar-refractivity contribution in [3.63, 3.8) is 0 Å². The van der Waals surface area contributed by atoms with E-state index in [2.05, 4.69) is 27.7 Å². The third-order valence-corrected chi connectivity index (χ3v) is 7.77. The molecular weight excluding hydrogens is 340 g/mol. The van der Waals surface area contributed by atoms with Gasteiger partial charge in [-0.15, -0.1) is 0 Å². The van der Waals surface area contributed by atoms with Gasteiger partial charge in [0.2, 0.25) is 0 Å². The molecule has 4 rings (SSSR count). The van der Waals surface area contributed by atoms with Crippen LogP contribution >= 0.6 is 0 Å². The number of hydrogen-bond acceptors (Lipinski definition) is 4. The number of ketones is 1. The number of carbonyl (C=O) groups is 2. The van der Waals surface area contributed by atoms with Gasteiger partial charge in [0.05, 0.1) is 18.4 Å². The lowest BCUT2D eigenvalue weighted by molar-refractivity contribution is -0.201. The number of furan rings is 1. The van der Waals surface area contributed by atoms with E-state index in [0.29, 0.717) is 18.1 Å². The van der Waals surface area contributed by atoms with Crippen LogP contribution < -0.4 is 0 Å². The van der Waals surface area contributed by atoms with E-state index < -0.39 is 0 Å². The zero-order valence-corrected chi connectivity index (χ0v) is 17.6. The molecule has 0 amide bonds. The normalized spacial score (nSPS) is 43.7. The number of esters is 1. The lowest BCUT2D eigenvalue weighted by atomic mass is 9.42. The molecule has 3 unspecified atom stereocenters. The number of carbonyl (C=O) groups excluding carboxylic acids is 2. The average molecular weight is 375 g/mol. The molecule has 0 spiro atoms. The second-order valence-electron chi connectivity index (χ2n) is 9.16. The van der Waals surface area contributed by atoms with Crippen molar-refractivity contribution in [3.8, 4) is 0 Å². The molecule has 0 radical (unpaired) electrons. The lowest BCUT2D eigenvalue weighted by Crippen LogP contribution is -2.61. The minimum absolute atomic E-state index is 0.0204. The highest BCUT2D eigenvalue weighted by Crippen LogP contribution is 2.65. The molecule has 4 nitrogen and oxygen atoms in total. The first-order chi connectivity index (χ1) is 12.8. The minimum Gasteiger partial charge on any atom is -0.472 e. The maximum atomic E-state index is 13.3. The fraction of sp³-hybridized carbons (Fsp3) is 0.739. The summed E-state index contributed by atoms with van der Waals surface area (Å²) >= 11 is 0. The summed E-state index contributed by atoms with van der Waals surface area (Å²) in [5, 5.41) is 0. The highest BCUT2D eigenvalue weighted by molar-refractivity contribution is 5.87. The molecule has 2 saturated carbocycles. The quantitative estimate of drug-likeness (QED) is 0.602. The monoisotopic (exact) mass is 374 g/mol. The molecule has 1 aromatic rings. The van der Waals surface area contributed by atoms with Crippen molar-refractivity contribution < 1.29 is 18.7 Å². The Hall–Kier alpha value is -1.58. The molecule has 27 heavy (non-hydrogen) atoms. The molecule has 4 heteroatoms. The Morgan fingerprint density at radius 1 is 1.11 bits per heavy atom. The maximum absolute atomic E-state index is 13.3. The molecule has 150 valence electrons. The van der Waals surface area contributed by atoms with Gasteiger partial charge in [-0.2, -0.15) is 0 Å². The Kier molecular flexibility index (Phi) is 5.31. The van der Waals surface area contributed by atoms with E-state index in [-0.39, 0.29) is 40.7 Å². The molecule has 1 aromatic heterocycles. The first-order valence-electron chi connectivity index (χ1n) is 10.5. The van der Waals surface area contributed by atoms with Gasteiger partial charge in [0.1, 0.15) is 11.9 Å². The van der Waals surface area contributed by atoms with E-state index in [1.807, 2.05) is 19.9 Å². The molecule has 0 N–H and O–H groups in total. The summed E-state index contributed by atoms with van der Waals surface area (Å²) in [5.74, 6) is 0.548. The Morgan fingerprint density at radius 3 is 2.44 bits per heavy atom. The van der Waals surface area contributed by atoms with Crippen LogP contribution in [0.3, 0.4) is 0 Å². The first kappa shape index (κ1) is 20.2. The first-order valence-corrected chi connectivity index (χ1v) is 10.5. The number of hydrogen-bond donors (Lipinski definition) is 0. The number of ether oxygens (including phenoxy) is 1. The summed E-state index contributed by atoms with van der Waals surface area (Å²) in [7, 11) is 0. The molecule has 1 saturated heterocycles. The van der Waals surface area contributed by atoms with Crippen LogP contribution in [0.25, 0.3) is 0 Å².